The van der Waals surface area contributed by atoms with Crippen molar-refractivity contribution in [2.75, 3.05) is 0 Å². The van der Waals surface area contributed by atoms with Crippen molar-refractivity contribution in [1.29, 1.82) is 0 Å². The van der Waals surface area contributed by atoms with Crippen molar-refractivity contribution in [1.82, 2.24) is 5.32 Å². The summed E-state index contributed by atoms with van der Waals surface area (Å²) in [5, 5.41) is 2.71. The summed E-state index contributed by atoms with van der Waals surface area (Å²) in [5.74, 6) is -2.83. The van der Waals surface area contributed by atoms with E-state index in [2.05, 4.69) is 21.2 Å². The third-order valence-electron chi connectivity index (χ3n) is 3.59. The lowest BCUT2D eigenvalue weighted by Gasteiger charge is -2.32. The van der Waals surface area contributed by atoms with Crippen LogP contribution in [0.5, 0.6) is 0 Å². The monoisotopic (exact) mass is 343 g/mol. The highest BCUT2D eigenvalue weighted by Crippen LogP contribution is 2.41. The maximum atomic E-state index is 12.9. The van der Waals surface area contributed by atoms with E-state index >= 15 is 0 Å². The molecule has 0 aromatic rings. The van der Waals surface area contributed by atoms with E-state index in [0.717, 1.165) is 0 Å². The van der Waals surface area contributed by atoms with E-state index in [-0.39, 0.29) is 17.3 Å². The van der Waals surface area contributed by atoms with E-state index in [1.54, 1.807) is 0 Å². The van der Waals surface area contributed by atoms with Crippen molar-refractivity contribution < 1.29 is 18.0 Å². The maximum absolute atomic E-state index is 12.9. The number of halogens is 4. The van der Waals surface area contributed by atoms with Gasteiger partial charge in [0.05, 0.1) is 5.92 Å². The van der Waals surface area contributed by atoms with Crippen LogP contribution in [-0.2, 0) is 4.79 Å². The van der Waals surface area contributed by atoms with Crippen LogP contribution in [0, 0.1) is 11.8 Å². The van der Waals surface area contributed by atoms with E-state index in [1.165, 1.54) is 0 Å². The molecule has 1 aliphatic carbocycles. The van der Waals surface area contributed by atoms with Crippen molar-refractivity contribution in [3.8, 4) is 0 Å². The van der Waals surface area contributed by atoms with Crippen LogP contribution in [0.3, 0.4) is 0 Å². The molecule has 1 N–H and O–H groups in total. The summed E-state index contributed by atoms with van der Waals surface area (Å²) in [6, 6.07) is -0.113. The van der Waals surface area contributed by atoms with Crippen LogP contribution in [0.2, 0.25) is 0 Å². The fourth-order valence-electron chi connectivity index (χ4n) is 2.73. The molecule has 0 aromatic carbocycles. The Morgan fingerprint density at radius 3 is 2.42 bits per heavy atom. The average molecular weight is 344 g/mol. The Balaban J connectivity index is 2.62. The molecule has 4 unspecified atom stereocenters. The topological polar surface area (TPSA) is 29.1 Å². The number of alkyl halides is 4. The molecule has 112 valence electrons. The quantitative estimate of drug-likeness (QED) is 0.767. The first-order valence-electron chi connectivity index (χ1n) is 6.73. The second-order valence-electron chi connectivity index (χ2n) is 5.47. The van der Waals surface area contributed by atoms with Crippen LogP contribution in [0.4, 0.5) is 13.2 Å². The normalized spacial score (nSPS) is 27.7. The Hall–Kier alpha value is -0.260. The van der Waals surface area contributed by atoms with Crippen molar-refractivity contribution >= 4 is 21.8 Å². The van der Waals surface area contributed by atoms with Gasteiger partial charge in [-0.05, 0) is 26.2 Å². The Morgan fingerprint density at radius 2 is 1.89 bits per heavy atom. The second kappa shape index (κ2) is 6.95. The van der Waals surface area contributed by atoms with Gasteiger partial charge in [0, 0.05) is 16.8 Å². The average Bonchev–Trinajstić information content (AvgIpc) is 2.26. The predicted octanol–water partition coefficient (Wildman–Crippen LogP) is 4.03. The highest BCUT2D eigenvalue weighted by molar-refractivity contribution is 9.09. The number of hydrogen-bond donors (Lipinski definition) is 1. The van der Waals surface area contributed by atoms with Gasteiger partial charge in [0.25, 0.3) is 0 Å². The smallest absolute Gasteiger partial charge is 0.353 e. The molecule has 0 spiro atoms. The van der Waals surface area contributed by atoms with Crippen LogP contribution in [0.25, 0.3) is 0 Å². The molecule has 1 aliphatic rings. The van der Waals surface area contributed by atoms with Gasteiger partial charge in [0.15, 0.2) is 0 Å². The molecular formula is C13H21BrF3NO. The van der Waals surface area contributed by atoms with Gasteiger partial charge in [-0.2, -0.15) is 13.2 Å². The lowest BCUT2D eigenvalue weighted by Crippen LogP contribution is -2.45. The van der Waals surface area contributed by atoms with E-state index in [9.17, 15) is 18.0 Å². The van der Waals surface area contributed by atoms with Gasteiger partial charge in [0.2, 0.25) is 5.91 Å². The lowest BCUT2D eigenvalue weighted by atomic mass is 9.78. The fraction of sp³-hybridized carbons (Fsp3) is 0.923. The van der Waals surface area contributed by atoms with Crippen molar-refractivity contribution in [3.05, 3.63) is 0 Å². The van der Waals surface area contributed by atoms with Gasteiger partial charge in [-0.3, -0.25) is 4.79 Å². The molecule has 1 saturated carbocycles. The lowest BCUT2D eigenvalue weighted by molar-refractivity contribution is -0.198. The van der Waals surface area contributed by atoms with Gasteiger partial charge in [-0.1, -0.05) is 35.7 Å². The molecule has 1 amide bonds. The SMILES string of the molecule is CC(Br)CC(C)NC(=O)C1CCCCC1C(F)(F)F. The van der Waals surface area contributed by atoms with E-state index in [0.29, 0.717) is 25.7 Å². The summed E-state index contributed by atoms with van der Waals surface area (Å²) < 4.78 is 38.7. The number of hydrogen-bond acceptors (Lipinski definition) is 1. The molecule has 0 heterocycles. The number of amides is 1. The molecule has 0 bridgehead atoms. The summed E-state index contributed by atoms with van der Waals surface area (Å²) in [5.41, 5.74) is 0. The van der Waals surface area contributed by atoms with Crippen LogP contribution in [0.1, 0.15) is 46.0 Å². The molecule has 0 aromatic heterocycles. The van der Waals surface area contributed by atoms with E-state index < -0.39 is 23.9 Å². The highest BCUT2D eigenvalue weighted by Gasteiger charge is 2.48. The first kappa shape index (κ1) is 16.8. The third-order valence-corrected chi connectivity index (χ3v) is 3.96. The molecular weight excluding hydrogens is 323 g/mol. The third kappa shape index (κ3) is 5.32. The first-order valence-corrected chi connectivity index (χ1v) is 7.64. The van der Waals surface area contributed by atoms with Crippen LogP contribution in [-0.4, -0.2) is 23.0 Å². The van der Waals surface area contributed by atoms with Gasteiger partial charge in [-0.25, -0.2) is 0 Å². The standard InChI is InChI=1S/C13H21BrF3NO/c1-8(14)7-9(2)18-12(19)10-5-3-4-6-11(10)13(15,16)17/h8-11H,3-7H2,1-2H3,(H,18,19). The Bertz CT molecular complexity index is 307. The minimum absolute atomic E-state index is 0.0742. The van der Waals surface area contributed by atoms with Crippen LogP contribution >= 0.6 is 15.9 Å². The largest absolute Gasteiger partial charge is 0.392 e. The Kier molecular flexibility index (Phi) is 6.15. The summed E-state index contributed by atoms with van der Waals surface area (Å²) in [7, 11) is 0. The summed E-state index contributed by atoms with van der Waals surface area (Å²) in [6.07, 6.45) is -1.89. The number of carbonyl (C=O) groups is 1. The number of carbonyl (C=O) groups excluding carboxylic acids is 1. The zero-order valence-corrected chi connectivity index (χ0v) is 12.9. The maximum Gasteiger partial charge on any atom is 0.392 e. The minimum Gasteiger partial charge on any atom is -0.353 e. The predicted molar refractivity (Wildman–Crippen MR) is 72.1 cm³/mol. The molecule has 2 nitrogen and oxygen atoms in total. The Morgan fingerprint density at radius 1 is 1.32 bits per heavy atom. The van der Waals surface area contributed by atoms with Crippen molar-refractivity contribution in [2.45, 2.75) is 63.0 Å². The fourth-order valence-corrected chi connectivity index (χ4v) is 3.29. The molecule has 0 radical (unpaired) electrons. The molecule has 0 saturated heterocycles. The summed E-state index contributed by atoms with van der Waals surface area (Å²) in [4.78, 5) is 12.2. The molecule has 0 aliphatic heterocycles. The molecule has 1 fully saturated rings. The van der Waals surface area contributed by atoms with Gasteiger partial charge in [-0.15, -0.1) is 0 Å². The molecule has 19 heavy (non-hydrogen) atoms. The van der Waals surface area contributed by atoms with Crippen molar-refractivity contribution in [2.24, 2.45) is 11.8 Å². The van der Waals surface area contributed by atoms with Crippen LogP contribution < -0.4 is 5.32 Å². The van der Waals surface area contributed by atoms with Gasteiger partial charge < -0.3 is 5.32 Å². The van der Waals surface area contributed by atoms with Crippen LogP contribution in [0.15, 0.2) is 0 Å². The highest BCUT2D eigenvalue weighted by atomic mass is 79.9. The minimum atomic E-state index is -4.27. The van der Waals surface area contributed by atoms with E-state index in [1.807, 2.05) is 13.8 Å². The number of nitrogens with one attached hydrogen (secondary N) is 1. The molecule has 1 rings (SSSR count). The molecule has 6 heteroatoms. The van der Waals surface area contributed by atoms with E-state index in [4.69, 9.17) is 0 Å². The van der Waals surface area contributed by atoms with Crippen molar-refractivity contribution in [3.63, 3.8) is 0 Å². The number of rotatable bonds is 4. The first-order chi connectivity index (χ1) is 8.71. The summed E-state index contributed by atoms with van der Waals surface area (Å²) in [6.45, 7) is 3.77. The molecule has 4 atom stereocenters. The zero-order chi connectivity index (χ0) is 14.6. The van der Waals surface area contributed by atoms with Gasteiger partial charge in [0.1, 0.15) is 0 Å². The summed E-state index contributed by atoms with van der Waals surface area (Å²) >= 11 is 3.37. The van der Waals surface area contributed by atoms with Gasteiger partial charge >= 0.3 is 6.18 Å². The Labute approximate surface area is 120 Å². The second-order valence-corrected chi connectivity index (χ2v) is 7.03. The zero-order valence-electron chi connectivity index (χ0n) is 11.3.